The molecule has 1 amide bonds. The smallest absolute Gasteiger partial charge is 0.328 e. The zero-order valence-corrected chi connectivity index (χ0v) is 20.5. The number of nitrogens with zero attached hydrogens (tertiary/aromatic N) is 3. The molecule has 10 heteroatoms. The van der Waals surface area contributed by atoms with Gasteiger partial charge < -0.3 is 20.3 Å². The normalized spacial score (nSPS) is 20.9. The number of hydrogen-bond donors (Lipinski definition) is 3. The van der Waals surface area contributed by atoms with Crippen molar-refractivity contribution in [1.82, 2.24) is 20.2 Å². The van der Waals surface area contributed by atoms with Crippen LogP contribution in [0, 0.1) is 6.92 Å². The van der Waals surface area contributed by atoms with E-state index in [-0.39, 0.29) is 11.9 Å². The lowest BCUT2D eigenvalue weighted by atomic mass is 9.96. The number of carbonyl (C=O) groups excluding carboxylic acids is 1. The number of nitrogens with one attached hydrogen (secondary N) is 1. The molecule has 0 aliphatic carbocycles. The molecule has 192 valence electrons. The lowest BCUT2D eigenvalue weighted by Crippen LogP contribution is -2.50. The number of rotatable bonds is 8. The molecule has 2 aliphatic heterocycles. The molecule has 0 radical (unpaired) electrons. The van der Waals surface area contributed by atoms with Gasteiger partial charge in [0.1, 0.15) is 11.4 Å². The summed E-state index contributed by atoms with van der Waals surface area (Å²) in [5.74, 6) is -1.67. The van der Waals surface area contributed by atoms with Crippen molar-refractivity contribution in [3.05, 3.63) is 65.6 Å². The summed E-state index contributed by atoms with van der Waals surface area (Å²) in [5.41, 5.74) is 1.78. The predicted octanol–water partition coefficient (Wildman–Crippen LogP) is 2.82. The Morgan fingerprint density at radius 1 is 1.08 bits per heavy atom. The van der Waals surface area contributed by atoms with Gasteiger partial charge in [-0.15, -0.1) is 0 Å². The Bertz CT molecular complexity index is 1060. The van der Waals surface area contributed by atoms with E-state index >= 15 is 0 Å². The van der Waals surface area contributed by atoms with Crippen LogP contribution in [0.5, 0.6) is 5.88 Å². The molecule has 10 nitrogen and oxygen atoms in total. The van der Waals surface area contributed by atoms with Crippen LogP contribution in [-0.4, -0.2) is 67.7 Å². The lowest BCUT2D eigenvalue weighted by Gasteiger charge is -2.39. The van der Waals surface area contributed by atoms with Crippen molar-refractivity contribution < 1.29 is 29.3 Å². The van der Waals surface area contributed by atoms with Gasteiger partial charge in [-0.25, -0.2) is 14.6 Å². The first-order chi connectivity index (χ1) is 17.3. The molecule has 4 rings (SSSR count). The summed E-state index contributed by atoms with van der Waals surface area (Å²) in [6.45, 7) is 5.15. The van der Waals surface area contributed by atoms with Gasteiger partial charge in [-0.3, -0.25) is 9.69 Å². The molecule has 0 spiro atoms. The van der Waals surface area contributed by atoms with E-state index in [1.807, 2.05) is 6.92 Å². The molecule has 2 atom stereocenters. The maximum Gasteiger partial charge on any atom is 0.328 e. The van der Waals surface area contributed by atoms with Crippen molar-refractivity contribution in [2.45, 2.75) is 64.2 Å². The van der Waals surface area contributed by atoms with E-state index in [4.69, 9.17) is 14.9 Å². The van der Waals surface area contributed by atoms with Gasteiger partial charge in [0.15, 0.2) is 0 Å². The number of carboxylic acid groups (broad SMARTS) is 2. The van der Waals surface area contributed by atoms with Gasteiger partial charge in [0.2, 0.25) is 5.88 Å². The van der Waals surface area contributed by atoms with Crippen LogP contribution < -0.4 is 10.1 Å². The second-order valence-electron chi connectivity index (χ2n) is 8.76. The van der Waals surface area contributed by atoms with Crippen molar-refractivity contribution in [2.24, 2.45) is 0 Å². The highest BCUT2D eigenvalue weighted by Gasteiger charge is 2.41. The highest BCUT2D eigenvalue weighted by molar-refractivity contribution is 5.96. The van der Waals surface area contributed by atoms with Crippen molar-refractivity contribution in [3.63, 3.8) is 0 Å². The molecule has 0 saturated carbocycles. The van der Waals surface area contributed by atoms with Gasteiger partial charge in [0.25, 0.3) is 5.91 Å². The number of benzene rings is 1. The van der Waals surface area contributed by atoms with Crippen LogP contribution in [0.15, 0.2) is 48.7 Å². The molecule has 3 heterocycles. The van der Waals surface area contributed by atoms with Gasteiger partial charge >= 0.3 is 11.9 Å². The number of amides is 1. The zero-order chi connectivity index (χ0) is 26.1. The molecule has 3 N–H and O–H groups in total. The molecular formula is C26H32N4O6. The summed E-state index contributed by atoms with van der Waals surface area (Å²) in [5, 5.41) is 18.8. The fourth-order valence-corrected chi connectivity index (χ4v) is 4.70. The highest BCUT2D eigenvalue weighted by atomic mass is 16.5. The van der Waals surface area contributed by atoms with Gasteiger partial charge in [0, 0.05) is 43.0 Å². The number of ether oxygens (including phenoxy) is 1. The Kier molecular flexibility index (Phi) is 9.52. The first-order valence-electron chi connectivity index (χ1n) is 12.0. The highest BCUT2D eigenvalue weighted by Crippen LogP contribution is 2.37. The minimum atomic E-state index is -1.26. The quantitative estimate of drug-likeness (QED) is 0.470. The Morgan fingerprint density at radius 2 is 1.69 bits per heavy atom. The standard InChI is InChI=1S/C22H28N4O2.C4H4O4/c1-3-28-22-20(13-23-15(2)24-22)21(27)25-17-11-18-9-10-19(12-17)26(18)14-16-7-5-4-6-8-16;5-3(6)1-2-4(7)8/h4-8,13,17-19H,3,9-12,14H2,1-2H3,(H,25,27);1-2H,(H,5,6)(H,7,8)/b;2-1+. The summed E-state index contributed by atoms with van der Waals surface area (Å²) in [6.07, 6.45) is 7.09. The predicted molar refractivity (Wildman–Crippen MR) is 132 cm³/mol. The van der Waals surface area contributed by atoms with E-state index in [1.54, 1.807) is 13.1 Å². The number of aliphatic carboxylic acids is 2. The number of carbonyl (C=O) groups is 3. The fourth-order valence-electron chi connectivity index (χ4n) is 4.70. The third kappa shape index (κ3) is 7.61. The maximum atomic E-state index is 12.8. The monoisotopic (exact) mass is 496 g/mol. The Balaban J connectivity index is 0.000000392. The molecule has 2 aliphatic rings. The molecule has 2 unspecified atom stereocenters. The van der Waals surface area contributed by atoms with Crippen LogP contribution in [0.1, 0.15) is 54.4 Å². The van der Waals surface area contributed by atoms with Gasteiger partial charge in [-0.1, -0.05) is 30.3 Å². The summed E-state index contributed by atoms with van der Waals surface area (Å²) in [7, 11) is 0. The van der Waals surface area contributed by atoms with E-state index in [9.17, 15) is 14.4 Å². The SMILES string of the molecule is CCOc1nc(C)ncc1C(=O)NC1CC2CCC(C1)N2Cc1ccccc1.O=C(O)/C=C/C(=O)O. The number of fused-ring (bicyclic) bond motifs is 2. The minimum Gasteiger partial charge on any atom is -0.478 e. The van der Waals surface area contributed by atoms with E-state index < -0.39 is 11.9 Å². The van der Waals surface area contributed by atoms with Crippen molar-refractivity contribution in [3.8, 4) is 5.88 Å². The number of piperidine rings is 1. The van der Waals surface area contributed by atoms with Crippen LogP contribution in [0.2, 0.25) is 0 Å². The Labute approximate surface area is 210 Å². The van der Waals surface area contributed by atoms with Crippen LogP contribution in [0.25, 0.3) is 0 Å². The Morgan fingerprint density at radius 3 is 2.25 bits per heavy atom. The van der Waals surface area contributed by atoms with Gasteiger partial charge in [-0.05, 0) is 45.1 Å². The summed E-state index contributed by atoms with van der Waals surface area (Å²) >= 11 is 0. The lowest BCUT2D eigenvalue weighted by molar-refractivity contribution is -0.134. The first kappa shape index (κ1) is 26.8. The zero-order valence-electron chi connectivity index (χ0n) is 20.5. The average Bonchev–Trinajstić information content (AvgIpc) is 3.06. The number of aromatic nitrogens is 2. The third-order valence-corrected chi connectivity index (χ3v) is 6.20. The topological polar surface area (TPSA) is 142 Å². The van der Waals surface area contributed by atoms with Crippen LogP contribution in [-0.2, 0) is 16.1 Å². The van der Waals surface area contributed by atoms with E-state index in [0.717, 1.165) is 19.4 Å². The molecule has 2 bridgehead atoms. The second-order valence-corrected chi connectivity index (χ2v) is 8.76. The van der Waals surface area contributed by atoms with E-state index in [1.165, 1.54) is 18.4 Å². The van der Waals surface area contributed by atoms with Gasteiger partial charge in [0.05, 0.1) is 6.61 Å². The molecular weight excluding hydrogens is 464 g/mol. The molecule has 2 fully saturated rings. The van der Waals surface area contributed by atoms with E-state index in [2.05, 4.69) is 50.5 Å². The minimum absolute atomic E-state index is 0.135. The number of carboxylic acids is 2. The third-order valence-electron chi connectivity index (χ3n) is 6.20. The van der Waals surface area contributed by atoms with Crippen LogP contribution >= 0.6 is 0 Å². The summed E-state index contributed by atoms with van der Waals surface area (Å²) < 4.78 is 5.55. The van der Waals surface area contributed by atoms with Crippen molar-refractivity contribution in [2.75, 3.05) is 6.61 Å². The number of hydrogen-bond acceptors (Lipinski definition) is 7. The number of aryl methyl sites for hydroxylation is 1. The molecule has 1 aromatic carbocycles. The summed E-state index contributed by atoms with van der Waals surface area (Å²) in [4.78, 5) is 43.0. The average molecular weight is 497 g/mol. The fraction of sp³-hybridized carbons (Fsp3) is 0.423. The van der Waals surface area contributed by atoms with Crippen LogP contribution in [0.3, 0.4) is 0 Å². The van der Waals surface area contributed by atoms with Crippen molar-refractivity contribution in [1.29, 1.82) is 0 Å². The molecule has 2 aromatic rings. The molecule has 2 saturated heterocycles. The maximum absolute atomic E-state index is 12.8. The second kappa shape index (κ2) is 12.8. The first-order valence-corrected chi connectivity index (χ1v) is 12.0. The van der Waals surface area contributed by atoms with Crippen LogP contribution in [0.4, 0.5) is 0 Å². The van der Waals surface area contributed by atoms with E-state index in [0.29, 0.717) is 48.1 Å². The largest absolute Gasteiger partial charge is 0.478 e. The summed E-state index contributed by atoms with van der Waals surface area (Å²) in [6, 6.07) is 11.9. The van der Waals surface area contributed by atoms with Gasteiger partial charge in [-0.2, -0.15) is 4.98 Å². The molecule has 1 aromatic heterocycles. The molecule has 36 heavy (non-hydrogen) atoms. The van der Waals surface area contributed by atoms with Crippen molar-refractivity contribution >= 4 is 17.8 Å². The Hall–Kier alpha value is -3.79.